The Hall–Kier alpha value is -2.13. The van der Waals surface area contributed by atoms with E-state index in [1.807, 2.05) is 0 Å². The molecule has 0 saturated carbocycles. The number of hydrogen-bond donors (Lipinski definition) is 2. The van der Waals surface area contributed by atoms with E-state index in [2.05, 4.69) is 10.9 Å². The van der Waals surface area contributed by atoms with Gasteiger partial charge in [0, 0.05) is 4.90 Å². The first-order valence-corrected chi connectivity index (χ1v) is 7.76. The Labute approximate surface area is 143 Å². The molecule has 1 heterocycles. The van der Waals surface area contributed by atoms with Crippen LogP contribution < -0.4 is 10.9 Å². The second kappa shape index (κ2) is 7.63. The van der Waals surface area contributed by atoms with Crippen molar-refractivity contribution in [2.75, 3.05) is 5.75 Å². The number of rotatable bonds is 4. The maximum absolute atomic E-state index is 12.7. The number of alkyl halides is 3. The highest BCUT2D eigenvalue weighted by atomic mass is 35.5. The van der Waals surface area contributed by atoms with E-state index >= 15 is 0 Å². The molecule has 128 valence electrons. The Kier molecular flexibility index (Phi) is 5.79. The van der Waals surface area contributed by atoms with Crippen LogP contribution in [0, 0.1) is 0 Å². The van der Waals surface area contributed by atoms with Crippen LogP contribution in [0.15, 0.2) is 45.9 Å². The summed E-state index contributed by atoms with van der Waals surface area (Å²) < 4.78 is 43.1. The summed E-state index contributed by atoms with van der Waals surface area (Å²) in [6.45, 7) is 0. The van der Waals surface area contributed by atoms with E-state index in [1.165, 1.54) is 24.5 Å². The number of amides is 2. The second-order valence-corrected chi connectivity index (χ2v) is 5.86. The molecular formula is C14H10ClF3N2O3S. The molecule has 1 aromatic heterocycles. The van der Waals surface area contributed by atoms with Gasteiger partial charge in [-0.25, -0.2) is 0 Å². The van der Waals surface area contributed by atoms with Gasteiger partial charge in [0.05, 0.1) is 22.6 Å². The van der Waals surface area contributed by atoms with E-state index in [1.54, 1.807) is 0 Å². The topological polar surface area (TPSA) is 71.3 Å². The predicted molar refractivity (Wildman–Crippen MR) is 81.5 cm³/mol. The zero-order chi connectivity index (χ0) is 17.7. The molecule has 0 bridgehead atoms. The molecule has 0 aliphatic carbocycles. The average Bonchev–Trinajstić information content (AvgIpc) is 3.05. The number of carbonyl (C=O) groups excluding carboxylic acids is 2. The highest BCUT2D eigenvalue weighted by Crippen LogP contribution is 2.36. The molecule has 2 N–H and O–H groups in total. The highest BCUT2D eigenvalue weighted by Gasteiger charge is 2.33. The summed E-state index contributed by atoms with van der Waals surface area (Å²) in [6, 6.07) is 6.26. The van der Waals surface area contributed by atoms with E-state index in [-0.39, 0.29) is 16.4 Å². The van der Waals surface area contributed by atoms with Gasteiger partial charge >= 0.3 is 12.1 Å². The van der Waals surface area contributed by atoms with Crippen LogP contribution in [0.5, 0.6) is 0 Å². The van der Waals surface area contributed by atoms with Crippen molar-refractivity contribution >= 4 is 35.2 Å². The summed E-state index contributed by atoms with van der Waals surface area (Å²) in [5, 5.41) is -0.415. The molecule has 0 spiro atoms. The zero-order valence-corrected chi connectivity index (χ0v) is 13.4. The molecule has 10 heteroatoms. The molecule has 0 atom stereocenters. The van der Waals surface area contributed by atoms with E-state index in [4.69, 9.17) is 16.0 Å². The molecule has 2 aromatic rings. The van der Waals surface area contributed by atoms with E-state index in [0.717, 1.165) is 23.9 Å². The number of hydrazine groups is 1. The van der Waals surface area contributed by atoms with Crippen LogP contribution in [0.25, 0.3) is 0 Å². The number of halogens is 4. The van der Waals surface area contributed by atoms with Crippen LogP contribution in [0.2, 0.25) is 5.02 Å². The fraction of sp³-hybridized carbons (Fsp3) is 0.143. The van der Waals surface area contributed by atoms with Crippen molar-refractivity contribution in [2.45, 2.75) is 11.1 Å². The van der Waals surface area contributed by atoms with Crippen LogP contribution in [-0.4, -0.2) is 17.6 Å². The Morgan fingerprint density at radius 2 is 1.96 bits per heavy atom. The van der Waals surface area contributed by atoms with Crippen molar-refractivity contribution in [2.24, 2.45) is 0 Å². The van der Waals surface area contributed by atoms with Crippen molar-refractivity contribution in [3.63, 3.8) is 0 Å². The lowest BCUT2D eigenvalue weighted by molar-refractivity contribution is -0.137. The van der Waals surface area contributed by atoms with E-state index < -0.39 is 28.6 Å². The number of hydrogen-bond acceptors (Lipinski definition) is 4. The van der Waals surface area contributed by atoms with Gasteiger partial charge in [0.15, 0.2) is 5.76 Å². The molecule has 0 unspecified atom stereocenters. The molecule has 0 aliphatic rings. The SMILES string of the molecule is O=C(CSc1ccc(Cl)c(C(F)(F)F)c1)NNC(=O)c1ccco1. The van der Waals surface area contributed by atoms with Gasteiger partial charge in [-0.15, -0.1) is 11.8 Å². The monoisotopic (exact) mass is 378 g/mol. The van der Waals surface area contributed by atoms with Crippen LogP contribution >= 0.6 is 23.4 Å². The zero-order valence-electron chi connectivity index (χ0n) is 11.8. The normalized spacial score (nSPS) is 11.2. The van der Waals surface area contributed by atoms with Crippen molar-refractivity contribution in [3.8, 4) is 0 Å². The standard InChI is InChI=1S/C14H10ClF3N2O3S/c15-10-4-3-8(6-9(10)14(16,17)18)24-7-12(21)19-20-13(22)11-2-1-5-23-11/h1-6H,7H2,(H,19,21)(H,20,22). The third-order valence-electron chi connectivity index (χ3n) is 2.67. The lowest BCUT2D eigenvalue weighted by Gasteiger charge is -2.11. The quantitative estimate of drug-likeness (QED) is 0.631. The van der Waals surface area contributed by atoms with E-state index in [9.17, 15) is 22.8 Å². The number of furan rings is 1. The van der Waals surface area contributed by atoms with Crippen molar-refractivity contribution in [1.29, 1.82) is 0 Å². The number of nitrogens with one attached hydrogen (secondary N) is 2. The van der Waals surface area contributed by atoms with Crippen LogP contribution in [0.1, 0.15) is 16.1 Å². The van der Waals surface area contributed by atoms with Gasteiger partial charge in [0.25, 0.3) is 0 Å². The number of thioether (sulfide) groups is 1. The Morgan fingerprint density at radius 3 is 2.58 bits per heavy atom. The smallest absolute Gasteiger partial charge is 0.417 e. The van der Waals surface area contributed by atoms with Gasteiger partial charge in [-0.05, 0) is 30.3 Å². The molecule has 5 nitrogen and oxygen atoms in total. The lowest BCUT2D eigenvalue weighted by Crippen LogP contribution is -2.42. The predicted octanol–water partition coefficient (Wildman–Crippen LogP) is 3.51. The molecular weight excluding hydrogens is 369 g/mol. The summed E-state index contributed by atoms with van der Waals surface area (Å²) in [5.74, 6) is -1.43. The molecule has 0 saturated heterocycles. The molecule has 2 rings (SSSR count). The van der Waals surface area contributed by atoms with Crippen LogP contribution in [0.3, 0.4) is 0 Å². The van der Waals surface area contributed by atoms with Gasteiger partial charge < -0.3 is 4.42 Å². The molecule has 0 radical (unpaired) electrons. The maximum atomic E-state index is 12.7. The van der Waals surface area contributed by atoms with Gasteiger partial charge in [-0.1, -0.05) is 11.6 Å². The summed E-state index contributed by atoms with van der Waals surface area (Å²) in [4.78, 5) is 23.3. The summed E-state index contributed by atoms with van der Waals surface area (Å²) in [5.41, 5.74) is 3.28. The van der Waals surface area contributed by atoms with Gasteiger partial charge in [0.1, 0.15) is 0 Å². The summed E-state index contributed by atoms with van der Waals surface area (Å²) in [7, 11) is 0. The van der Waals surface area contributed by atoms with Gasteiger partial charge in [-0.3, -0.25) is 20.4 Å². The molecule has 2 amide bonds. The maximum Gasteiger partial charge on any atom is 0.417 e. The molecule has 24 heavy (non-hydrogen) atoms. The largest absolute Gasteiger partial charge is 0.459 e. The van der Waals surface area contributed by atoms with Crippen molar-refractivity contribution < 1.29 is 27.2 Å². The molecule has 1 aromatic carbocycles. The first-order valence-electron chi connectivity index (χ1n) is 6.39. The number of carbonyl (C=O) groups is 2. The minimum Gasteiger partial charge on any atom is -0.459 e. The van der Waals surface area contributed by atoms with Crippen LogP contribution in [0.4, 0.5) is 13.2 Å². The highest BCUT2D eigenvalue weighted by molar-refractivity contribution is 8.00. The fourth-order valence-electron chi connectivity index (χ4n) is 1.59. The fourth-order valence-corrected chi connectivity index (χ4v) is 2.55. The van der Waals surface area contributed by atoms with Crippen molar-refractivity contribution in [3.05, 3.63) is 52.9 Å². The van der Waals surface area contributed by atoms with Gasteiger partial charge in [-0.2, -0.15) is 13.2 Å². The molecule has 0 fully saturated rings. The second-order valence-electron chi connectivity index (χ2n) is 4.41. The third-order valence-corrected chi connectivity index (χ3v) is 4.00. The average molecular weight is 379 g/mol. The Morgan fingerprint density at radius 1 is 1.21 bits per heavy atom. The minimum atomic E-state index is -4.58. The summed E-state index contributed by atoms with van der Waals surface area (Å²) in [6.07, 6.45) is -3.28. The molecule has 0 aliphatic heterocycles. The van der Waals surface area contributed by atoms with Crippen molar-refractivity contribution in [1.82, 2.24) is 10.9 Å². The first-order chi connectivity index (χ1) is 11.3. The summed E-state index contributed by atoms with van der Waals surface area (Å²) >= 11 is 6.38. The minimum absolute atomic E-state index is 0.00970. The van der Waals surface area contributed by atoms with E-state index in [0.29, 0.717) is 0 Å². The first kappa shape index (κ1) is 18.2. The van der Waals surface area contributed by atoms with Gasteiger partial charge in [0.2, 0.25) is 5.91 Å². The number of benzene rings is 1. The third kappa shape index (κ3) is 4.93. The van der Waals surface area contributed by atoms with Crippen LogP contribution in [-0.2, 0) is 11.0 Å². The Balaban J connectivity index is 1.87. The lowest BCUT2D eigenvalue weighted by atomic mass is 10.2. The Bertz CT molecular complexity index is 735.